The van der Waals surface area contributed by atoms with Gasteiger partial charge in [0.15, 0.2) is 0 Å². The van der Waals surface area contributed by atoms with Crippen LogP contribution in [0.3, 0.4) is 0 Å². The summed E-state index contributed by atoms with van der Waals surface area (Å²) in [6.45, 7) is 3.02. The highest BCUT2D eigenvalue weighted by atomic mass is 19.1. The van der Waals surface area contributed by atoms with Gasteiger partial charge in [-0.1, -0.05) is 36.4 Å². The Morgan fingerprint density at radius 2 is 1.88 bits per heavy atom. The molecule has 2 unspecified atom stereocenters. The van der Waals surface area contributed by atoms with Gasteiger partial charge in [-0.2, -0.15) is 0 Å². The lowest BCUT2D eigenvalue weighted by Crippen LogP contribution is -2.52. The van der Waals surface area contributed by atoms with Crippen molar-refractivity contribution in [1.29, 1.82) is 0 Å². The predicted molar refractivity (Wildman–Crippen MR) is 92.3 cm³/mol. The van der Waals surface area contributed by atoms with E-state index in [0.717, 1.165) is 50.0 Å². The van der Waals surface area contributed by atoms with Crippen LogP contribution in [0.1, 0.15) is 29.6 Å². The van der Waals surface area contributed by atoms with E-state index in [1.54, 1.807) is 6.07 Å². The van der Waals surface area contributed by atoms with Gasteiger partial charge in [0.05, 0.1) is 11.1 Å². The molecule has 0 saturated carbocycles. The van der Waals surface area contributed by atoms with Crippen LogP contribution in [0.15, 0.2) is 48.5 Å². The Labute approximate surface area is 141 Å². The van der Waals surface area contributed by atoms with E-state index in [1.165, 1.54) is 6.07 Å². The van der Waals surface area contributed by atoms with Crippen LogP contribution < -0.4 is 5.32 Å². The smallest absolute Gasteiger partial charge is 0.254 e. The third kappa shape index (κ3) is 2.82. The quantitative estimate of drug-likeness (QED) is 0.938. The first-order valence-corrected chi connectivity index (χ1v) is 8.55. The number of nitrogens with zero attached hydrogens (tertiary/aromatic N) is 1. The maximum absolute atomic E-state index is 14.5. The van der Waals surface area contributed by atoms with Gasteiger partial charge in [0.2, 0.25) is 0 Å². The first-order chi connectivity index (χ1) is 11.7. The first kappa shape index (κ1) is 15.3. The number of fused-ring (bicyclic) bond motifs is 2. The van der Waals surface area contributed by atoms with Gasteiger partial charge in [-0.15, -0.1) is 0 Å². The molecule has 24 heavy (non-hydrogen) atoms. The van der Waals surface area contributed by atoms with Crippen molar-refractivity contribution < 1.29 is 9.18 Å². The number of hydrogen-bond donors (Lipinski definition) is 1. The van der Waals surface area contributed by atoms with E-state index in [1.807, 2.05) is 36.4 Å². The van der Waals surface area contributed by atoms with E-state index < -0.39 is 5.82 Å². The van der Waals surface area contributed by atoms with Gasteiger partial charge in [0.25, 0.3) is 5.91 Å². The summed E-state index contributed by atoms with van der Waals surface area (Å²) in [5.41, 5.74) is 1.70. The predicted octanol–water partition coefficient (Wildman–Crippen LogP) is 3.46. The maximum Gasteiger partial charge on any atom is 0.254 e. The Bertz CT molecular complexity index is 757. The van der Waals surface area contributed by atoms with Crippen molar-refractivity contribution in [2.24, 2.45) is 0 Å². The molecule has 0 aromatic heterocycles. The molecule has 2 bridgehead atoms. The van der Waals surface area contributed by atoms with Crippen molar-refractivity contribution in [3.8, 4) is 11.1 Å². The summed E-state index contributed by atoms with van der Waals surface area (Å²) in [6.07, 6.45) is 3.04. The zero-order valence-electron chi connectivity index (χ0n) is 13.6. The van der Waals surface area contributed by atoms with Gasteiger partial charge < -0.3 is 10.2 Å². The number of carbonyl (C=O) groups is 1. The molecule has 4 rings (SSSR count). The molecule has 2 heterocycles. The molecule has 124 valence electrons. The van der Waals surface area contributed by atoms with Gasteiger partial charge in [0.1, 0.15) is 5.82 Å². The molecular formula is C20H21FN2O. The van der Waals surface area contributed by atoms with E-state index in [0.29, 0.717) is 0 Å². The van der Waals surface area contributed by atoms with Crippen molar-refractivity contribution in [2.75, 3.05) is 19.6 Å². The molecule has 3 nitrogen and oxygen atoms in total. The number of benzene rings is 2. The van der Waals surface area contributed by atoms with Crippen LogP contribution in [0.25, 0.3) is 11.1 Å². The van der Waals surface area contributed by atoms with Gasteiger partial charge in [-0.25, -0.2) is 4.39 Å². The number of hydrogen-bond acceptors (Lipinski definition) is 2. The number of halogens is 1. The first-order valence-electron chi connectivity index (χ1n) is 8.55. The third-order valence-corrected chi connectivity index (χ3v) is 5.26. The van der Waals surface area contributed by atoms with Crippen LogP contribution in [0.4, 0.5) is 4.39 Å². The Kier molecular flexibility index (Phi) is 3.85. The molecule has 0 radical (unpaired) electrons. The van der Waals surface area contributed by atoms with Crippen molar-refractivity contribution in [3.63, 3.8) is 0 Å². The number of nitrogens with one attached hydrogen (secondary N) is 1. The Morgan fingerprint density at radius 3 is 2.67 bits per heavy atom. The van der Waals surface area contributed by atoms with Crippen LogP contribution in [0.2, 0.25) is 0 Å². The zero-order valence-corrected chi connectivity index (χ0v) is 13.6. The normalized spacial score (nSPS) is 25.5. The second kappa shape index (κ2) is 6.02. The molecule has 1 amide bonds. The minimum Gasteiger partial charge on any atom is -0.345 e. The van der Waals surface area contributed by atoms with Crippen LogP contribution in [-0.4, -0.2) is 36.0 Å². The number of rotatable bonds is 3. The molecule has 0 aliphatic carbocycles. The summed E-state index contributed by atoms with van der Waals surface area (Å²) in [5.74, 6) is -0.758. The average Bonchev–Trinajstić information content (AvgIpc) is 2.89. The third-order valence-electron chi connectivity index (χ3n) is 5.26. The zero-order chi connectivity index (χ0) is 16.6. The lowest BCUT2D eigenvalue weighted by molar-refractivity contribution is 0.0873. The summed E-state index contributed by atoms with van der Waals surface area (Å²) in [5, 5.41) is 3.12. The Hall–Kier alpha value is -2.20. The van der Waals surface area contributed by atoms with Gasteiger partial charge in [0, 0.05) is 13.1 Å². The van der Waals surface area contributed by atoms with Crippen molar-refractivity contribution in [2.45, 2.75) is 24.8 Å². The Balaban J connectivity index is 1.55. The van der Waals surface area contributed by atoms with Crippen molar-refractivity contribution in [1.82, 2.24) is 10.2 Å². The molecule has 0 spiro atoms. The fourth-order valence-electron chi connectivity index (χ4n) is 3.98. The van der Waals surface area contributed by atoms with E-state index in [9.17, 15) is 9.18 Å². The Morgan fingerprint density at radius 1 is 1.04 bits per heavy atom. The number of piperidine rings is 1. The molecule has 4 heteroatoms. The summed E-state index contributed by atoms with van der Waals surface area (Å²) in [6, 6.07) is 14.5. The second-order valence-electron chi connectivity index (χ2n) is 6.92. The molecule has 2 atom stereocenters. The van der Waals surface area contributed by atoms with E-state index >= 15 is 0 Å². The molecule has 2 aliphatic rings. The minimum atomic E-state index is -0.462. The average molecular weight is 324 g/mol. The SMILES string of the molecule is O=C(NC12CCCN(CC1)C2)c1ccc(-c2ccccc2)cc1F. The minimum absolute atomic E-state index is 0.132. The van der Waals surface area contributed by atoms with Crippen LogP contribution in [0, 0.1) is 5.82 Å². The topological polar surface area (TPSA) is 32.3 Å². The maximum atomic E-state index is 14.5. The fraction of sp³-hybridized carbons (Fsp3) is 0.350. The molecule has 2 aromatic rings. The van der Waals surface area contributed by atoms with Gasteiger partial charge in [-0.05, 0) is 49.1 Å². The van der Waals surface area contributed by atoms with Gasteiger partial charge in [-0.3, -0.25) is 4.79 Å². The van der Waals surface area contributed by atoms with Crippen LogP contribution in [0.5, 0.6) is 0 Å². The van der Waals surface area contributed by atoms with Crippen LogP contribution in [-0.2, 0) is 0 Å². The molecular weight excluding hydrogens is 303 g/mol. The fourth-order valence-corrected chi connectivity index (χ4v) is 3.98. The van der Waals surface area contributed by atoms with Crippen molar-refractivity contribution in [3.05, 3.63) is 59.9 Å². The summed E-state index contributed by atoms with van der Waals surface area (Å²) >= 11 is 0. The molecule has 1 N–H and O–H groups in total. The van der Waals surface area contributed by atoms with Gasteiger partial charge >= 0.3 is 0 Å². The monoisotopic (exact) mass is 324 g/mol. The summed E-state index contributed by atoms with van der Waals surface area (Å²) < 4.78 is 14.5. The number of amides is 1. The molecule has 2 aromatic carbocycles. The highest BCUT2D eigenvalue weighted by Crippen LogP contribution is 2.31. The summed E-state index contributed by atoms with van der Waals surface area (Å²) in [7, 11) is 0. The van der Waals surface area contributed by atoms with Crippen LogP contribution >= 0.6 is 0 Å². The lowest BCUT2D eigenvalue weighted by atomic mass is 9.90. The van der Waals surface area contributed by atoms with Crippen molar-refractivity contribution >= 4 is 5.91 Å². The molecule has 2 saturated heterocycles. The van der Waals surface area contributed by atoms with E-state index in [-0.39, 0.29) is 17.0 Å². The summed E-state index contributed by atoms with van der Waals surface area (Å²) in [4.78, 5) is 15.0. The van der Waals surface area contributed by atoms with E-state index in [2.05, 4.69) is 10.2 Å². The largest absolute Gasteiger partial charge is 0.345 e. The van der Waals surface area contributed by atoms with E-state index in [4.69, 9.17) is 0 Å². The highest BCUT2D eigenvalue weighted by Gasteiger charge is 2.42. The lowest BCUT2D eigenvalue weighted by Gasteiger charge is -2.34. The highest BCUT2D eigenvalue weighted by molar-refractivity contribution is 5.95. The standard InChI is InChI=1S/C20H21FN2O/c21-18-13-16(15-5-2-1-3-6-15)7-8-17(18)19(24)22-20-9-4-11-23(14-20)12-10-20/h1-3,5-8,13H,4,9-12,14H2,(H,22,24). The molecule has 2 aliphatic heterocycles. The second-order valence-corrected chi connectivity index (χ2v) is 6.92. The number of carbonyl (C=O) groups excluding carboxylic acids is 1. The molecule has 2 fully saturated rings.